The molecular formula is C16H24ClFN2. The number of likely N-dealkylation sites (tertiary alicyclic amines) is 1. The Labute approximate surface area is 126 Å². The molecule has 1 aliphatic rings. The number of piperidine rings is 1. The monoisotopic (exact) mass is 298 g/mol. The van der Waals surface area contributed by atoms with Crippen LogP contribution in [0.15, 0.2) is 18.2 Å². The van der Waals surface area contributed by atoms with Crippen molar-refractivity contribution in [3.05, 3.63) is 34.6 Å². The number of halogens is 2. The summed E-state index contributed by atoms with van der Waals surface area (Å²) >= 11 is 5.80. The lowest BCUT2D eigenvalue weighted by atomic mass is 9.98. The van der Waals surface area contributed by atoms with Crippen molar-refractivity contribution in [3.63, 3.8) is 0 Å². The Bertz CT molecular complexity index is 448. The van der Waals surface area contributed by atoms with E-state index in [1.807, 2.05) is 0 Å². The Morgan fingerprint density at radius 2 is 1.95 bits per heavy atom. The SMILES string of the molecule is CC(C)(C)N1CCC(NCc2cccc(Cl)c2F)CC1. The van der Waals surface area contributed by atoms with Gasteiger partial charge in [-0.15, -0.1) is 0 Å². The first-order valence-corrected chi connectivity index (χ1v) is 7.67. The largest absolute Gasteiger partial charge is 0.310 e. The van der Waals surface area contributed by atoms with E-state index in [1.165, 1.54) is 0 Å². The highest BCUT2D eigenvalue weighted by Gasteiger charge is 2.26. The molecule has 0 atom stereocenters. The Balaban J connectivity index is 1.83. The van der Waals surface area contributed by atoms with E-state index in [2.05, 4.69) is 31.0 Å². The third kappa shape index (κ3) is 3.94. The lowest BCUT2D eigenvalue weighted by molar-refractivity contribution is 0.0959. The zero-order chi connectivity index (χ0) is 14.8. The maximum absolute atomic E-state index is 13.8. The molecule has 0 amide bonds. The molecule has 20 heavy (non-hydrogen) atoms. The van der Waals surface area contributed by atoms with Gasteiger partial charge in [-0.2, -0.15) is 0 Å². The van der Waals surface area contributed by atoms with Crippen LogP contribution in [0.4, 0.5) is 4.39 Å². The van der Waals surface area contributed by atoms with Crippen LogP contribution in [0.2, 0.25) is 5.02 Å². The van der Waals surface area contributed by atoms with E-state index in [4.69, 9.17) is 11.6 Å². The van der Waals surface area contributed by atoms with Gasteiger partial charge in [0.25, 0.3) is 0 Å². The van der Waals surface area contributed by atoms with Crippen LogP contribution in [0.25, 0.3) is 0 Å². The van der Waals surface area contributed by atoms with Crippen molar-refractivity contribution >= 4 is 11.6 Å². The summed E-state index contributed by atoms with van der Waals surface area (Å²) in [6.07, 6.45) is 2.22. The highest BCUT2D eigenvalue weighted by molar-refractivity contribution is 6.30. The van der Waals surface area contributed by atoms with Gasteiger partial charge in [-0.3, -0.25) is 4.90 Å². The molecule has 4 heteroatoms. The zero-order valence-corrected chi connectivity index (χ0v) is 13.3. The van der Waals surface area contributed by atoms with E-state index in [-0.39, 0.29) is 16.4 Å². The van der Waals surface area contributed by atoms with E-state index < -0.39 is 0 Å². The van der Waals surface area contributed by atoms with Crippen molar-refractivity contribution in [1.82, 2.24) is 10.2 Å². The van der Waals surface area contributed by atoms with Crippen LogP contribution in [0.3, 0.4) is 0 Å². The van der Waals surface area contributed by atoms with Crippen LogP contribution in [-0.4, -0.2) is 29.6 Å². The second-order valence-electron chi connectivity index (χ2n) is 6.53. The summed E-state index contributed by atoms with van der Waals surface area (Å²) < 4.78 is 13.8. The molecule has 2 rings (SSSR count). The van der Waals surface area contributed by atoms with Gasteiger partial charge in [0.1, 0.15) is 5.82 Å². The molecule has 1 aliphatic heterocycles. The summed E-state index contributed by atoms with van der Waals surface area (Å²) in [6, 6.07) is 5.64. The summed E-state index contributed by atoms with van der Waals surface area (Å²) in [5.41, 5.74) is 0.889. The molecule has 2 nitrogen and oxygen atoms in total. The maximum atomic E-state index is 13.8. The van der Waals surface area contributed by atoms with Crippen molar-refractivity contribution in [1.29, 1.82) is 0 Å². The Morgan fingerprint density at radius 1 is 1.30 bits per heavy atom. The highest BCUT2D eigenvalue weighted by Crippen LogP contribution is 2.21. The number of hydrogen-bond acceptors (Lipinski definition) is 2. The average molecular weight is 299 g/mol. The van der Waals surface area contributed by atoms with Crippen LogP contribution >= 0.6 is 11.6 Å². The number of rotatable bonds is 3. The maximum Gasteiger partial charge on any atom is 0.146 e. The van der Waals surface area contributed by atoms with Gasteiger partial charge >= 0.3 is 0 Å². The highest BCUT2D eigenvalue weighted by atomic mass is 35.5. The van der Waals surface area contributed by atoms with Crippen molar-refractivity contribution in [2.24, 2.45) is 0 Å². The standard InChI is InChI=1S/C16H24ClFN2/c1-16(2,3)20-9-7-13(8-10-20)19-11-12-5-4-6-14(17)15(12)18/h4-6,13,19H,7-11H2,1-3H3. The first-order valence-electron chi connectivity index (χ1n) is 7.29. The quantitative estimate of drug-likeness (QED) is 0.912. The van der Waals surface area contributed by atoms with Gasteiger partial charge in [0.15, 0.2) is 0 Å². The lowest BCUT2D eigenvalue weighted by Crippen LogP contribution is -2.49. The molecule has 1 aromatic rings. The second-order valence-corrected chi connectivity index (χ2v) is 6.93. The molecule has 0 unspecified atom stereocenters. The van der Waals surface area contributed by atoms with Gasteiger partial charge in [-0.25, -0.2) is 4.39 Å². The summed E-state index contributed by atoms with van der Waals surface area (Å²) in [5.74, 6) is -0.297. The number of nitrogens with one attached hydrogen (secondary N) is 1. The molecule has 0 saturated carbocycles. The lowest BCUT2D eigenvalue weighted by Gasteiger charge is -2.41. The van der Waals surface area contributed by atoms with Gasteiger partial charge in [0.2, 0.25) is 0 Å². The summed E-state index contributed by atoms with van der Waals surface area (Å²) in [4.78, 5) is 2.51. The van der Waals surface area contributed by atoms with Crippen LogP contribution < -0.4 is 5.32 Å². The van der Waals surface area contributed by atoms with Crippen LogP contribution in [0.1, 0.15) is 39.2 Å². The molecule has 1 heterocycles. The first kappa shape index (κ1) is 15.7. The Kier molecular flexibility index (Phi) is 5.05. The van der Waals surface area contributed by atoms with Gasteiger partial charge in [-0.05, 0) is 39.7 Å². The van der Waals surface area contributed by atoms with Crippen LogP contribution in [0.5, 0.6) is 0 Å². The number of hydrogen-bond donors (Lipinski definition) is 1. The van der Waals surface area contributed by atoms with E-state index in [0.29, 0.717) is 18.2 Å². The van der Waals surface area contributed by atoms with E-state index >= 15 is 0 Å². The summed E-state index contributed by atoms with van der Waals surface area (Å²) in [7, 11) is 0. The molecular weight excluding hydrogens is 275 g/mol. The van der Waals surface area contributed by atoms with Crippen molar-refractivity contribution in [3.8, 4) is 0 Å². The molecule has 1 aromatic carbocycles. The molecule has 0 bridgehead atoms. The van der Waals surface area contributed by atoms with E-state index in [0.717, 1.165) is 25.9 Å². The smallest absolute Gasteiger partial charge is 0.146 e. The van der Waals surface area contributed by atoms with Gasteiger partial charge < -0.3 is 5.32 Å². The number of nitrogens with zero attached hydrogens (tertiary/aromatic N) is 1. The minimum atomic E-state index is -0.297. The van der Waals surface area contributed by atoms with Gasteiger partial charge in [0.05, 0.1) is 5.02 Å². The van der Waals surface area contributed by atoms with Crippen molar-refractivity contribution in [2.75, 3.05) is 13.1 Å². The first-order chi connectivity index (χ1) is 9.38. The van der Waals surface area contributed by atoms with Crippen molar-refractivity contribution < 1.29 is 4.39 Å². The summed E-state index contributed by atoms with van der Waals surface area (Å²) in [6.45, 7) is 9.50. The van der Waals surface area contributed by atoms with E-state index in [1.54, 1.807) is 18.2 Å². The molecule has 112 valence electrons. The third-order valence-corrected chi connectivity index (χ3v) is 4.35. The molecule has 0 aliphatic carbocycles. The topological polar surface area (TPSA) is 15.3 Å². The van der Waals surface area contributed by atoms with Crippen LogP contribution in [0, 0.1) is 5.82 Å². The molecule has 0 aromatic heterocycles. The Morgan fingerprint density at radius 3 is 2.55 bits per heavy atom. The predicted molar refractivity (Wildman–Crippen MR) is 82.6 cm³/mol. The fourth-order valence-corrected chi connectivity index (χ4v) is 2.89. The van der Waals surface area contributed by atoms with E-state index in [9.17, 15) is 4.39 Å². The molecule has 1 saturated heterocycles. The van der Waals surface area contributed by atoms with Crippen LogP contribution in [-0.2, 0) is 6.54 Å². The molecule has 1 fully saturated rings. The molecule has 0 spiro atoms. The number of benzene rings is 1. The third-order valence-electron chi connectivity index (χ3n) is 4.06. The fourth-order valence-electron chi connectivity index (χ4n) is 2.69. The average Bonchev–Trinajstić information content (AvgIpc) is 2.40. The minimum Gasteiger partial charge on any atom is -0.310 e. The zero-order valence-electron chi connectivity index (χ0n) is 12.5. The summed E-state index contributed by atoms with van der Waals surface area (Å²) in [5, 5.41) is 3.65. The minimum absolute atomic E-state index is 0.201. The fraction of sp³-hybridized carbons (Fsp3) is 0.625. The van der Waals surface area contributed by atoms with Gasteiger partial charge in [0, 0.05) is 36.8 Å². The molecule has 1 N–H and O–H groups in total. The molecule has 0 radical (unpaired) electrons. The van der Waals surface area contributed by atoms with Crippen molar-refractivity contribution in [2.45, 2.75) is 51.7 Å². The predicted octanol–water partition coefficient (Wildman–Crippen LogP) is 3.83. The van der Waals surface area contributed by atoms with Gasteiger partial charge in [-0.1, -0.05) is 23.7 Å². The Hall–Kier alpha value is -0.640. The normalized spacial score (nSPS) is 18.4. The second kappa shape index (κ2) is 6.42.